The van der Waals surface area contributed by atoms with E-state index in [4.69, 9.17) is 14.2 Å². The molecule has 4 aliphatic carbocycles. The Balaban J connectivity index is 1.46. The van der Waals surface area contributed by atoms with Crippen molar-refractivity contribution in [2.45, 2.75) is 137 Å². The van der Waals surface area contributed by atoms with Crippen molar-refractivity contribution in [2.24, 2.45) is 34.5 Å². The van der Waals surface area contributed by atoms with Gasteiger partial charge in [-0.15, -0.1) is 0 Å². The summed E-state index contributed by atoms with van der Waals surface area (Å²) < 4.78 is 18.4. The van der Waals surface area contributed by atoms with E-state index in [2.05, 4.69) is 34.6 Å². The number of fused-ring (bicyclic) bond motifs is 3. The van der Waals surface area contributed by atoms with Gasteiger partial charge >= 0.3 is 11.9 Å². The Bertz CT molecular complexity index is 937. The molecule has 1 aliphatic heterocycles. The monoisotopic (exact) mass is 500 g/mol. The SMILES string of the molecule is CC(=O)O[C@H]1CC[C@]2(C)C3=C(C4CC[C@H](C(C)CCCC(C)C)[C@@]4(C)CC3)[C@H](OC(C)=O)[C@@H]3O[C@@]32C1. The van der Waals surface area contributed by atoms with Crippen molar-refractivity contribution in [3.8, 4) is 0 Å². The number of hydrogen-bond donors (Lipinski definition) is 0. The van der Waals surface area contributed by atoms with Crippen LogP contribution in [-0.4, -0.2) is 35.9 Å². The molecule has 1 saturated heterocycles. The van der Waals surface area contributed by atoms with Gasteiger partial charge in [0.2, 0.25) is 0 Å². The zero-order valence-corrected chi connectivity index (χ0v) is 23.7. The molecule has 5 nitrogen and oxygen atoms in total. The van der Waals surface area contributed by atoms with Crippen LogP contribution in [0.2, 0.25) is 0 Å². The average molecular weight is 501 g/mol. The maximum atomic E-state index is 12.3. The predicted molar refractivity (Wildman–Crippen MR) is 139 cm³/mol. The maximum absolute atomic E-state index is 12.3. The summed E-state index contributed by atoms with van der Waals surface area (Å²) in [5.41, 5.74) is 2.75. The Morgan fingerprint density at radius 1 is 1.00 bits per heavy atom. The third-order valence-corrected chi connectivity index (χ3v) is 11.2. The van der Waals surface area contributed by atoms with Crippen LogP contribution in [0.15, 0.2) is 11.1 Å². The lowest BCUT2D eigenvalue weighted by atomic mass is 9.49. The summed E-state index contributed by atoms with van der Waals surface area (Å²) in [6, 6.07) is 0. The smallest absolute Gasteiger partial charge is 0.303 e. The molecule has 0 aromatic heterocycles. The summed E-state index contributed by atoms with van der Waals surface area (Å²) in [5, 5.41) is 0. The molecule has 36 heavy (non-hydrogen) atoms. The predicted octanol–water partition coefficient (Wildman–Crippen LogP) is 6.78. The lowest BCUT2D eigenvalue weighted by molar-refractivity contribution is -0.151. The second kappa shape index (κ2) is 9.13. The fraction of sp³-hybridized carbons (Fsp3) is 0.871. The molecule has 9 atom stereocenters. The van der Waals surface area contributed by atoms with Crippen molar-refractivity contribution in [1.82, 2.24) is 0 Å². The van der Waals surface area contributed by atoms with Crippen molar-refractivity contribution in [3.05, 3.63) is 11.1 Å². The largest absolute Gasteiger partial charge is 0.462 e. The number of rotatable bonds is 7. The van der Waals surface area contributed by atoms with E-state index in [9.17, 15) is 9.59 Å². The van der Waals surface area contributed by atoms with Gasteiger partial charge in [-0.2, -0.15) is 0 Å². The summed E-state index contributed by atoms with van der Waals surface area (Å²) in [5.74, 6) is 2.24. The normalized spacial score (nSPS) is 43.7. The molecular weight excluding hydrogens is 452 g/mol. The molecule has 2 saturated carbocycles. The quantitative estimate of drug-likeness (QED) is 0.219. The maximum Gasteiger partial charge on any atom is 0.303 e. The van der Waals surface area contributed by atoms with Crippen LogP contribution in [0.4, 0.5) is 0 Å². The highest BCUT2D eigenvalue weighted by atomic mass is 16.7. The average Bonchev–Trinajstić information content (AvgIpc) is 3.39. The summed E-state index contributed by atoms with van der Waals surface area (Å²) >= 11 is 0. The molecule has 0 aromatic rings. The zero-order valence-electron chi connectivity index (χ0n) is 23.7. The highest BCUT2D eigenvalue weighted by molar-refractivity contribution is 5.67. The van der Waals surface area contributed by atoms with Crippen LogP contribution in [0, 0.1) is 34.5 Å². The molecule has 5 heteroatoms. The van der Waals surface area contributed by atoms with Gasteiger partial charge in [-0.3, -0.25) is 9.59 Å². The summed E-state index contributed by atoms with van der Waals surface area (Å²) in [6.07, 6.45) is 10.7. The van der Waals surface area contributed by atoms with Crippen LogP contribution >= 0.6 is 0 Å². The molecular formula is C31H48O5. The number of ether oxygens (including phenoxy) is 3. The molecule has 5 aliphatic rings. The van der Waals surface area contributed by atoms with Crippen LogP contribution in [-0.2, 0) is 23.8 Å². The van der Waals surface area contributed by atoms with E-state index in [0.29, 0.717) is 12.3 Å². The van der Waals surface area contributed by atoms with Crippen molar-refractivity contribution < 1.29 is 23.8 Å². The van der Waals surface area contributed by atoms with E-state index in [1.54, 1.807) is 0 Å². The zero-order chi connectivity index (χ0) is 26.0. The highest BCUT2D eigenvalue weighted by Crippen LogP contribution is 2.72. The van der Waals surface area contributed by atoms with Gasteiger partial charge < -0.3 is 14.2 Å². The number of epoxide rings is 1. The molecule has 2 unspecified atom stereocenters. The van der Waals surface area contributed by atoms with Crippen molar-refractivity contribution in [3.63, 3.8) is 0 Å². The Labute approximate surface area is 218 Å². The van der Waals surface area contributed by atoms with Crippen molar-refractivity contribution in [2.75, 3.05) is 0 Å². The van der Waals surface area contributed by atoms with E-state index in [-0.39, 0.29) is 46.7 Å². The van der Waals surface area contributed by atoms with E-state index >= 15 is 0 Å². The van der Waals surface area contributed by atoms with Crippen LogP contribution in [0.1, 0.15) is 113 Å². The topological polar surface area (TPSA) is 65.1 Å². The molecule has 0 radical (unpaired) electrons. The second-order valence-corrected chi connectivity index (χ2v) is 13.7. The van der Waals surface area contributed by atoms with Gasteiger partial charge in [-0.1, -0.05) is 59.5 Å². The number of carbonyl (C=O) groups is 2. The summed E-state index contributed by atoms with van der Waals surface area (Å²) in [6.45, 7) is 15.1. The number of hydrogen-bond acceptors (Lipinski definition) is 5. The molecule has 5 rings (SSSR count). The Morgan fingerprint density at radius 3 is 2.39 bits per heavy atom. The first-order valence-electron chi connectivity index (χ1n) is 14.7. The molecule has 0 amide bonds. The molecule has 3 fully saturated rings. The van der Waals surface area contributed by atoms with Crippen molar-refractivity contribution in [1.29, 1.82) is 0 Å². The molecule has 0 N–H and O–H groups in total. The molecule has 0 bridgehead atoms. The number of carbonyl (C=O) groups excluding carboxylic acids is 2. The van der Waals surface area contributed by atoms with Gasteiger partial charge in [-0.25, -0.2) is 0 Å². The van der Waals surface area contributed by atoms with Gasteiger partial charge in [-0.05, 0) is 73.2 Å². The summed E-state index contributed by atoms with van der Waals surface area (Å²) in [7, 11) is 0. The molecule has 1 spiro atoms. The fourth-order valence-electron chi connectivity index (χ4n) is 9.47. The van der Waals surface area contributed by atoms with Gasteiger partial charge in [0.05, 0.1) is 0 Å². The third kappa shape index (κ3) is 3.98. The molecule has 1 heterocycles. The first-order valence-corrected chi connectivity index (χ1v) is 14.7. The van der Waals surface area contributed by atoms with Gasteiger partial charge in [0.25, 0.3) is 0 Å². The van der Waals surface area contributed by atoms with Gasteiger partial charge in [0.1, 0.15) is 17.8 Å². The highest BCUT2D eigenvalue weighted by Gasteiger charge is 2.77. The Kier molecular flexibility index (Phi) is 6.66. The molecule has 0 aromatic carbocycles. The van der Waals surface area contributed by atoms with Crippen LogP contribution < -0.4 is 0 Å². The number of esters is 2. The van der Waals surface area contributed by atoms with E-state index in [0.717, 1.165) is 37.0 Å². The first kappa shape index (κ1) is 26.3. The van der Waals surface area contributed by atoms with Crippen LogP contribution in [0.3, 0.4) is 0 Å². The minimum atomic E-state index is -0.375. The van der Waals surface area contributed by atoms with Gasteiger partial charge in [0.15, 0.2) is 6.10 Å². The summed E-state index contributed by atoms with van der Waals surface area (Å²) in [4.78, 5) is 24.1. The van der Waals surface area contributed by atoms with Crippen LogP contribution in [0.25, 0.3) is 0 Å². The lowest BCUT2D eigenvalue weighted by Crippen LogP contribution is -2.56. The Morgan fingerprint density at radius 2 is 1.72 bits per heavy atom. The van der Waals surface area contributed by atoms with Crippen LogP contribution in [0.5, 0.6) is 0 Å². The second-order valence-electron chi connectivity index (χ2n) is 13.7. The minimum absolute atomic E-state index is 0.0669. The minimum Gasteiger partial charge on any atom is -0.462 e. The first-order chi connectivity index (χ1) is 16.9. The standard InChI is InChI=1S/C31H48O5/c1-18(2)9-8-10-19(3)23-11-12-24-26-25(14-15-29(23,24)6)30(7)16-13-22(34-20(4)32)17-31(30)28(36-31)27(26)35-21(5)33/h18-19,22-24,27-28H,8-17H2,1-7H3/t19?,22-,23+,24?,27-,28-,29+,30+,31-/m0/s1. The molecule has 202 valence electrons. The lowest BCUT2D eigenvalue weighted by Gasteiger charge is -2.54. The Hall–Kier alpha value is -1.36. The third-order valence-electron chi connectivity index (χ3n) is 11.2. The van der Waals surface area contributed by atoms with Crippen molar-refractivity contribution >= 4 is 11.9 Å². The van der Waals surface area contributed by atoms with E-state index in [1.165, 1.54) is 63.5 Å². The van der Waals surface area contributed by atoms with Gasteiger partial charge in [0, 0.05) is 25.7 Å². The van der Waals surface area contributed by atoms with E-state index < -0.39 is 0 Å². The fourth-order valence-corrected chi connectivity index (χ4v) is 9.47. The van der Waals surface area contributed by atoms with E-state index in [1.807, 2.05) is 0 Å².